The molecule has 0 aliphatic carbocycles. The summed E-state index contributed by atoms with van der Waals surface area (Å²) in [6.45, 7) is 13.5. The van der Waals surface area contributed by atoms with E-state index in [9.17, 15) is 0 Å². The van der Waals surface area contributed by atoms with Gasteiger partial charge in [0.05, 0.1) is 56.9 Å². The highest BCUT2D eigenvalue weighted by Crippen LogP contribution is 2.37. The summed E-state index contributed by atoms with van der Waals surface area (Å²) in [5, 5.41) is 0. The van der Waals surface area contributed by atoms with E-state index in [1.54, 1.807) is 34.6 Å². The minimum Gasteiger partial charge on any atom is -0.494 e. The van der Waals surface area contributed by atoms with E-state index in [4.69, 9.17) is 47.9 Å². The molecule has 4 aliphatic heterocycles. The fourth-order valence-electron chi connectivity index (χ4n) is 9.68. The Bertz CT molecular complexity index is 3980. The van der Waals surface area contributed by atoms with Crippen molar-refractivity contribution in [3.05, 3.63) is 248 Å². The molecule has 426 valence electrons. The summed E-state index contributed by atoms with van der Waals surface area (Å²) in [4.78, 5) is 28.6. The van der Waals surface area contributed by atoms with Crippen LogP contribution < -0.4 is 28.4 Å². The van der Waals surface area contributed by atoms with Crippen LogP contribution in [-0.2, 0) is 22.7 Å². The molecule has 3 N–H and O–H groups in total. The number of H-pyrrole nitrogens is 3. The van der Waals surface area contributed by atoms with Crippen molar-refractivity contribution in [3.63, 3.8) is 0 Å². The Morgan fingerprint density at radius 3 is 1.54 bits per heavy atom. The molecule has 15 heteroatoms. The van der Waals surface area contributed by atoms with Crippen molar-refractivity contribution in [2.24, 2.45) is 15.0 Å². The molecule has 0 unspecified atom stereocenters. The number of hydrogen-bond acceptors (Lipinski definition) is 12. The molecule has 8 heterocycles. The number of benzene rings is 4. The molecular weight excluding hydrogens is 1050 g/mol. The first-order valence-corrected chi connectivity index (χ1v) is 27.4. The maximum absolute atomic E-state index is 6.18. The molecule has 4 aromatic heterocycles. The smallest absolute Gasteiger partial charge is 0.231 e. The molecule has 0 atom stereocenters. The SMILES string of the molecule is COc1ccc(-c2cc(OC)c(C=C3N=C(C)C=C3C)[nH]2)cn1.COc1ccc(C2=N/C(=C\c3[nH]c(C)cc3C)C(OCc3ccccc3)=C2)cc1OC.Cc1cc(C)c(/C=C2\N=C(c3ccc4c(c3)OCO4)C=C2OCc2ccccc2)[nH]1. The second kappa shape index (κ2) is 26.1. The van der Waals surface area contributed by atoms with Crippen LogP contribution in [0.5, 0.6) is 34.6 Å². The molecule has 0 fully saturated rings. The molecular formula is C69H67N7O8. The van der Waals surface area contributed by atoms with Gasteiger partial charge in [-0.2, -0.15) is 0 Å². The van der Waals surface area contributed by atoms with Crippen molar-refractivity contribution in [1.82, 2.24) is 19.9 Å². The summed E-state index contributed by atoms with van der Waals surface area (Å²) >= 11 is 0. The van der Waals surface area contributed by atoms with E-state index in [1.807, 2.05) is 154 Å². The number of aryl methyl sites for hydroxylation is 4. The molecule has 0 radical (unpaired) electrons. The Kier molecular flexibility index (Phi) is 17.7. The van der Waals surface area contributed by atoms with Gasteiger partial charge in [-0.25, -0.2) is 15.0 Å². The predicted molar refractivity (Wildman–Crippen MR) is 332 cm³/mol. The van der Waals surface area contributed by atoms with E-state index in [0.717, 1.165) is 131 Å². The van der Waals surface area contributed by atoms with E-state index in [0.29, 0.717) is 30.6 Å². The van der Waals surface area contributed by atoms with Gasteiger partial charge in [0, 0.05) is 75.7 Å². The number of aromatic amines is 3. The predicted octanol–water partition coefficient (Wildman–Crippen LogP) is 14.8. The average Bonchev–Trinajstić information content (AvgIpc) is 3.71. The number of nitrogens with one attached hydrogen (secondary N) is 3. The second-order valence-corrected chi connectivity index (χ2v) is 20.2. The van der Waals surface area contributed by atoms with Crippen LogP contribution in [0, 0.1) is 27.7 Å². The molecule has 0 amide bonds. The number of nitrogens with zero attached hydrogens (tertiary/aromatic N) is 4. The molecule has 4 aliphatic rings. The van der Waals surface area contributed by atoms with Crippen LogP contribution in [0.15, 0.2) is 201 Å². The van der Waals surface area contributed by atoms with Crippen LogP contribution in [0.4, 0.5) is 0 Å². The normalized spacial score (nSPS) is 15.3. The molecule has 12 rings (SSSR count). The quantitative estimate of drug-likeness (QED) is 0.0852. The van der Waals surface area contributed by atoms with Crippen molar-refractivity contribution < 1.29 is 37.9 Å². The minimum absolute atomic E-state index is 0.253. The highest BCUT2D eigenvalue weighted by atomic mass is 16.7. The van der Waals surface area contributed by atoms with Crippen LogP contribution >= 0.6 is 0 Å². The lowest BCUT2D eigenvalue weighted by molar-refractivity contribution is 0.174. The van der Waals surface area contributed by atoms with E-state index < -0.39 is 0 Å². The molecule has 0 saturated heterocycles. The summed E-state index contributed by atoms with van der Waals surface area (Å²) < 4.78 is 44.7. The second-order valence-electron chi connectivity index (χ2n) is 20.2. The molecule has 0 bridgehead atoms. The summed E-state index contributed by atoms with van der Waals surface area (Å²) in [6.07, 6.45) is 13.9. The number of pyridine rings is 1. The van der Waals surface area contributed by atoms with Gasteiger partial charge in [-0.3, -0.25) is 4.99 Å². The zero-order valence-electron chi connectivity index (χ0n) is 48.8. The molecule has 15 nitrogen and oxygen atoms in total. The van der Waals surface area contributed by atoms with Gasteiger partial charge < -0.3 is 52.8 Å². The van der Waals surface area contributed by atoms with Crippen molar-refractivity contribution in [1.29, 1.82) is 0 Å². The maximum Gasteiger partial charge on any atom is 0.231 e. The highest BCUT2D eigenvalue weighted by Gasteiger charge is 2.23. The zero-order valence-corrected chi connectivity index (χ0v) is 48.8. The first-order chi connectivity index (χ1) is 40.8. The summed E-state index contributed by atoms with van der Waals surface area (Å²) in [5.74, 6) is 5.69. The van der Waals surface area contributed by atoms with Crippen molar-refractivity contribution in [2.75, 3.05) is 35.2 Å². The van der Waals surface area contributed by atoms with Gasteiger partial charge in [-0.1, -0.05) is 60.7 Å². The number of fused-ring (bicyclic) bond motifs is 1. The molecule has 0 saturated carbocycles. The third kappa shape index (κ3) is 13.7. The van der Waals surface area contributed by atoms with E-state index >= 15 is 0 Å². The van der Waals surface area contributed by atoms with E-state index in [-0.39, 0.29) is 6.79 Å². The Balaban J connectivity index is 0.000000142. The van der Waals surface area contributed by atoms with Gasteiger partial charge in [-0.15, -0.1) is 0 Å². The van der Waals surface area contributed by atoms with Gasteiger partial charge in [0.25, 0.3) is 0 Å². The number of aromatic nitrogens is 4. The fourth-order valence-corrected chi connectivity index (χ4v) is 9.68. The number of ether oxygens (including phenoxy) is 8. The first-order valence-electron chi connectivity index (χ1n) is 27.4. The van der Waals surface area contributed by atoms with Gasteiger partial charge >= 0.3 is 0 Å². The summed E-state index contributed by atoms with van der Waals surface area (Å²) in [5.41, 5.74) is 19.9. The highest BCUT2D eigenvalue weighted by molar-refractivity contribution is 6.13. The number of rotatable bonds is 16. The van der Waals surface area contributed by atoms with Crippen LogP contribution in [0.25, 0.3) is 29.5 Å². The number of methoxy groups -OCH3 is 4. The monoisotopic (exact) mass is 1120 g/mol. The largest absolute Gasteiger partial charge is 0.494 e. The molecule has 84 heavy (non-hydrogen) atoms. The standard InChI is InChI=1S/C26H26N2O3.C25H22N2O3.C18H19N3O2/c1-17-12-18(2)27-21(17)14-23-25(31-16-19-8-6-5-7-9-19)15-22(28-23)20-10-11-24(29-3)26(13-20)30-4;1-16-10-17(2)26-20(16)12-22-24(28-14-18-6-4-3-5-7-18)13-21(27-22)19-8-9-23-25(11-19)30-15-29-23;1-11-7-12(2)20-14(11)8-16-17(22-3)9-15(21-16)13-5-6-18(23-4)19-10-13/h5-15,27H,16H2,1-4H3;3-13,26H,14-15H2,1-2H3;5-10,21H,1-4H3/b23-14-;22-12-;. The van der Waals surface area contributed by atoms with Gasteiger partial charge in [0.2, 0.25) is 12.7 Å². The van der Waals surface area contributed by atoms with E-state index in [1.165, 1.54) is 11.1 Å². The summed E-state index contributed by atoms with van der Waals surface area (Å²) in [6, 6.07) is 41.9. The lowest BCUT2D eigenvalue weighted by atomic mass is 10.1. The van der Waals surface area contributed by atoms with Crippen LogP contribution in [0.3, 0.4) is 0 Å². The molecule has 4 aromatic carbocycles. The Hall–Kier alpha value is -10.3. The number of aliphatic imine (C=N–C) groups is 3. The Labute approximate surface area is 489 Å². The topological polar surface area (TPSA) is 171 Å². The lowest BCUT2D eigenvalue weighted by Crippen LogP contribution is -1.97. The number of hydrogen-bond donors (Lipinski definition) is 3. The minimum atomic E-state index is 0.253. The first kappa shape index (κ1) is 57.0. The van der Waals surface area contributed by atoms with Crippen molar-refractivity contribution >= 4 is 35.4 Å². The third-order valence-electron chi connectivity index (χ3n) is 14.0. The number of allylic oxidation sites excluding steroid dienone is 4. The summed E-state index contributed by atoms with van der Waals surface area (Å²) in [7, 11) is 6.52. The van der Waals surface area contributed by atoms with Crippen LogP contribution in [0.2, 0.25) is 0 Å². The third-order valence-corrected chi connectivity index (χ3v) is 14.0. The van der Waals surface area contributed by atoms with Crippen LogP contribution in [0.1, 0.15) is 75.7 Å². The van der Waals surface area contributed by atoms with E-state index in [2.05, 4.69) is 76.0 Å². The fraction of sp³-hybridized carbons (Fsp3) is 0.188. The Morgan fingerprint density at radius 1 is 0.476 bits per heavy atom. The zero-order chi connectivity index (χ0) is 58.7. The van der Waals surface area contributed by atoms with Gasteiger partial charge in [0.1, 0.15) is 41.9 Å². The van der Waals surface area contributed by atoms with Crippen molar-refractivity contribution in [3.8, 4) is 45.9 Å². The molecule has 8 aromatic rings. The Morgan fingerprint density at radius 2 is 1.02 bits per heavy atom. The maximum atomic E-state index is 6.18. The van der Waals surface area contributed by atoms with Crippen LogP contribution in [-0.4, -0.2) is 72.3 Å². The molecule has 0 spiro atoms. The van der Waals surface area contributed by atoms with Gasteiger partial charge in [0.15, 0.2) is 23.0 Å². The van der Waals surface area contributed by atoms with Gasteiger partial charge in [-0.05, 0) is 148 Å². The lowest BCUT2D eigenvalue weighted by Gasteiger charge is -2.08. The average molecular weight is 1120 g/mol. The van der Waals surface area contributed by atoms with Crippen molar-refractivity contribution in [2.45, 2.75) is 54.8 Å².